The standard InChI is InChI=1S/C12H8F4N4/c1-2-11(5-17)10(15)8(13)7(6-3-4-19-20-6)9(14)12(11,16)18/h2-4H,1,18H2,(H,19,20). The molecule has 20 heavy (non-hydrogen) atoms. The fourth-order valence-corrected chi connectivity index (χ4v) is 1.93. The van der Waals surface area contributed by atoms with Crippen LogP contribution in [-0.4, -0.2) is 16.0 Å². The Morgan fingerprint density at radius 2 is 2.05 bits per heavy atom. The van der Waals surface area contributed by atoms with E-state index < -0.39 is 34.3 Å². The first-order valence-corrected chi connectivity index (χ1v) is 5.32. The SMILES string of the molecule is C=CC1(C#N)C(F)=C(F)C(c2cc[nH]n2)=C(F)C1(N)F. The molecule has 0 amide bonds. The molecule has 2 atom stereocenters. The van der Waals surface area contributed by atoms with Crippen LogP contribution >= 0.6 is 0 Å². The average Bonchev–Trinajstić information content (AvgIpc) is 2.92. The molecule has 0 saturated heterocycles. The van der Waals surface area contributed by atoms with E-state index in [1.54, 1.807) is 0 Å². The van der Waals surface area contributed by atoms with Crippen molar-refractivity contribution in [1.82, 2.24) is 10.2 Å². The van der Waals surface area contributed by atoms with Crippen molar-refractivity contribution in [2.45, 2.75) is 5.79 Å². The Labute approximate surface area is 110 Å². The van der Waals surface area contributed by atoms with E-state index in [0.717, 1.165) is 12.1 Å². The molecular formula is C12H8F4N4. The number of nitrogens with zero attached hydrogens (tertiary/aromatic N) is 2. The van der Waals surface area contributed by atoms with E-state index in [2.05, 4.69) is 16.8 Å². The lowest BCUT2D eigenvalue weighted by Crippen LogP contribution is -2.53. The van der Waals surface area contributed by atoms with Crippen LogP contribution in [0.5, 0.6) is 0 Å². The summed E-state index contributed by atoms with van der Waals surface area (Å²) in [5.41, 5.74) is 0.683. The van der Waals surface area contributed by atoms with Crippen molar-refractivity contribution in [3.63, 3.8) is 0 Å². The molecule has 0 spiro atoms. The average molecular weight is 284 g/mol. The van der Waals surface area contributed by atoms with Crippen LogP contribution in [0.1, 0.15) is 5.69 Å². The molecule has 8 heteroatoms. The minimum atomic E-state index is -3.60. The molecule has 2 unspecified atom stereocenters. The molecule has 0 aliphatic heterocycles. The maximum absolute atomic E-state index is 14.4. The van der Waals surface area contributed by atoms with Gasteiger partial charge in [0.2, 0.25) is 5.79 Å². The molecule has 4 nitrogen and oxygen atoms in total. The van der Waals surface area contributed by atoms with Crippen molar-refractivity contribution in [1.29, 1.82) is 5.26 Å². The Kier molecular flexibility index (Phi) is 3.02. The maximum Gasteiger partial charge on any atom is 0.240 e. The first kappa shape index (κ1) is 14.0. The summed E-state index contributed by atoms with van der Waals surface area (Å²) in [4.78, 5) is 0. The van der Waals surface area contributed by atoms with Gasteiger partial charge in [0.1, 0.15) is 0 Å². The van der Waals surface area contributed by atoms with Gasteiger partial charge in [-0.25, -0.2) is 17.6 Å². The highest BCUT2D eigenvalue weighted by Gasteiger charge is 2.61. The summed E-state index contributed by atoms with van der Waals surface area (Å²) in [6.45, 7) is 3.04. The fourth-order valence-electron chi connectivity index (χ4n) is 1.93. The molecular weight excluding hydrogens is 276 g/mol. The van der Waals surface area contributed by atoms with Gasteiger partial charge in [-0.3, -0.25) is 10.8 Å². The van der Waals surface area contributed by atoms with Crippen molar-refractivity contribution >= 4 is 5.57 Å². The molecule has 1 aliphatic carbocycles. The molecule has 0 aromatic carbocycles. The number of hydrogen-bond acceptors (Lipinski definition) is 3. The van der Waals surface area contributed by atoms with Gasteiger partial charge < -0.3 is 0 Å². The largest absolute Gasteiger partial charge is 0.291 e. The van der Waals surface area contributed by atoms with Crippen LogP contribution in [0.15, 0.2) is 42.4 Å². The first-order chi connectivity index (χ1) is 9.33. The summed E-state index contributed by atoms with van der Waals surface area (Å²) >= 11 is 0. The van der Waals surface area contributed by atoms with Crippen molar-refractivity contribution in [2.75, 3.05) is 0 Å². The number of aromatic amines is 1. The molecule has 1 aromatic rings. The molecule has 0 saturated carbocycles. The summed E-state index contributed by atoms with van der Waals surface area (Å²) in [5.74, 6) is -9.02. The smallest absolute Gasteiger partial charge is 0.240 e. The van der Waals surface area contributed by atoms with E-state index in [-0.39, 0.29) is 5.69 Å². The lowest BCUT2D eigenvalue weighted by molar-refractivity contribution is 0.0855. The predicted molar refractivity (Wildman–Crippen MR) is 62.1 cm³/mol. The molecule has 1 aromatic heterocycles. The number of hydrogen-bond donors (Lipinski definition) is 2. The van der Waals surface area contributed by atoms with Crippen LogP contribution in [0.4, 0.5) is 17.6 Å². The lowest BCUT2D eigenvalue weighted by Gasteiger charge is -2.36. The van der Waals surface area contributed by atoms with E-state index in [1.807, 2.05) is 0 Å². The molecule has 0 bridgehead atoms. The Morgan fingerprint density at radius 1 is 1.40 bits per heavy atom. The third kappa shape index (κ3) is 1.47. The summed E-state index contributed by atoms with van der Waals surface area (Å²) in [7, 11) is 0. The number of halogens is 4. The van der Waals surface area contributed by atoms with Crippen LogP contribution in [0.3, 0.4) is 0 Å². The quantitative estimate of drug-likeness (QED) is 0.497. The van der Waals surface area contributed by atoms with E-state index in [9.17, 15) is 17.6 Å². The van der Waals surface area contributed by atoms with Gasteiger partial charge in [-0.2, -0.15) is 10.4 Å². The van der Waals surface area contributed by atoms with E-state index in [1.165, 1.54) is 6.20 Å². The van der Waals surface area contributed by atoms with Gasteiger partial charge in [0.15, 0.2) is 22.9 Å². The first-order valence-electron chi connectivity index (χ1n) is 5.32. The molecule has 104 valence electrons. The van der Waals surface area contributed by atoms with Gasteiger partial charge in [0.05, 0.1) is 17.3 Å². The van der Waals surface area contributed by atoms with Crippen LogP contribution in [0.2, 0.25) is 0 Å². The Balaban J connectivity index is 2.83. The number of allylic oxidation sites excluding steroid dienone is 2. The number of aromatic nitrogens is 2. The van der Waals surface area contributed by atoms with Crippen LogP contribution in [-0.2, 0) is 0 Å². The van der Waals surface area contributed by atoms with E-state index >= 15 is 0 Å². The lowest BCUT2D eigenvalue weighted by atomic mass is 9.73. The number of rotatable bonds is 2. The highest BCUT2D eigenvalue weighted by molar-refractivity contribution is 5.81. The number of H-pyrrole nitrogens is 1. The Morgan fingerprint density at radius 3 is 2.50 bits per heavy atom. The van der Waals surface area contributed by atoms with Gasteiger partial charge in [0.25, 0.3) is 0 Å². The Hall–Kier alpha value is -2.40. The number of nitriles is 1. The van der Waals surface area contributed by atoms with E-state index in [4.69, 9.17) is 11.0 Å². The highest BCUT2D eigenvalue weighted by Crippen LogP contribution is 2.53. The second-order valence-corrected chi connectivity index (χ2v) is 4.11. The predicted octanol–water partition coefficient (Wildman–Crippen LogP) is 2.57. The van der Waals surface area contributed by atoms with E-state index in [0.29, 0.717) is 6.08 Å². The molecule has 0 fully saturated rings. The number of nitrogens with one attached hydrogen (secondary N) is 1. The van der Waals surface area contributed by atoms with Gasteiger partial charge >= 0.3 is 0 Å². The molecule has 0 radical (unpaired) electrons. The second kappa shape index (κ2) is 4.31. The summed E-state index contributed by atoms with van der Waals surface area (Å²) < 4.78 is 56.7. The molecule has 1 aliphatic rings. The Bertz CT molecular complexity index is 666. The molecule has 2 rings (SSSR count). The van der Waals surface area contributed by atoms with Gasteiger partial charge in [-0.1, -0.05) is 6.08 Å². The minimum absolute atomic E-state index is 0.377. The third-order valence-electron chi connectivity index (χ3n) is 3.11. The highest BCUT2D eigenvalue weighted by atomic mass is 19.2. The minimum Gasteiger partial charge on any atom is -0.291 e. The van der Waals surface area contributed by atoms with Gasteiger partial charge in [0, 0.05) is 6.20 Å². The molecule has 3 N–H and O–H groups in total. The van der Waals surface area contributed by atoms with Crippen LogP contribution in [0.25, 0.3) is 5.57 Å². The van der Waals surface area contributed by atoms with Gasteiger partial charge in [-0.05, 0) is 6.07 Å². The number of nitrogens with two attached hydrogens (primary N) is 1. The monoisotopic (exact) mass is 284 g/mol. The van der Waals surface area contributed by atoms with Crippen molar-refractivity contribution in [3.05, 3.63) is 48.1 Å². The fraction of sp³-hybridized carbons (Fsp3) is 0.167. The number of alkyl halides is 1. The van der Waals surface area contributed by atoms with Crippen molar-refractivity contribution < 1.29 is 17.6 Å². The van der Waals surface area contributed by atoms with Crippen molar-refractivity contribution in [2.24, 2.45) is 11.1 Å². The maximum atomic E-state index is 14.4. The van der Waals surface area contributed by atoms with Crippen molar-refractivity contribution in [3.8, 4) is 6.07 Å². The zero-order valence-corrected chi connectivity index (χ0v) is 9.92. The summed E-state index contributed by atoms with van der Waals surface area (Å²) in [6, 6.07) is 2.24. The zero-order valence-electron chi connectivity index (χ0n) is 9.92. The zero-order chi connectivity index (χ0) is 15.1. The molecule has 1 heterocycles. The second-order valence-electron chi connectivity index (χ2n) is 4.11. The van der Waals surface area contributed by atoms with Gasteiger partial charge in [-0.15, -0.1) is 6.58 Å². The van der Waals surface area contributed by atoms with Crippen LogP contribution in [0, 0.1) is 16.7 Å². The third-order valence-corrected chi connectivity index (χ3v) is 3.11. The topological polar surface area (TPSA) is 78.5 Å². The summed E-state index contributed by atoms with van der Waals surface area (Å²) in [5, 5.41) is 14.6. The normalized spacial score (nSPS) is 30.4. The summed E-state index contributed by atoms with van der Waals surface area (Å²) in [6.07, 6.45) is 1.64. The van der Waals surface area contributed by atoms with Crippen LogP contribution < -0.4 is 5.73 Å².